The lowest BCUT2D eigenvalue weighted by molar-refractivity contribution is -0.136. The maximum atomic E-state index is 12.8. The number of carbonyl (C=O) groups excluding carboxylic acids is 2. The first kappa shape index (κ1) is 19.8. The zero-order valence-corrected chi connectivity index (χ0v) is 15.8. The molecule has 0 bridgehead atoms. The number of anilines is 2. The molecule has 0 radical (unpaired) electrons. The van der Waals surface area contributed by atoms with Crippen LogP contribution in [0.5, 0.6) is 0 Å². The van der Waals surface area contributed by atoms with Crippen molar-refractivity contribution in [3.63, 3.8) is 0 Å². The lowest BCUT2D eigenvalue weighted by atomic mass is 10.1. The Hall–Kier alpha value is -2.94. The van der Waals surface area contributed by atoms with Crippen LogP contribution in [-0.2, 0) is 26.0 Å². The highest BCUT2D eigenvalue weighted by Gasteiger charge is 2.28. The van der Waals surface area contributed by atoms with Crippen LogP contribution in [0.1, 0.15) is 12.0 Å². The van der Waals surface area contributed by atoms with Crippen molar-refractivity contribution >= 4 is 33.2 Å². The van der Waals surface area contributed by atoms with Crippen molar-refractivity contribution in [1.29, 1.82) is 0 Å². The van der Waals surface area contributed by atoms with Crippen LogP contribution < -0.4 is 14.9 Å². The van der Waals surface area contributed by atoms with E-state index >= 15 is 0 Å². The Morgan fingerprint density at radius 1 is 1.00 bits per heavy atom. The molecule has 2 aromatic carbocycles. The van der Waals surface area contributed by atoms with Crippen molar-refractivity contribution < 1.29 is 22.4 Å². The van der Waals surface area contributed by atoms with Crippen LogP contribution in [0.3, 0.4) is 0 Å². The van der Waals surface area contributed by atoms with Gasteiger partial charge in [-0.25, -0.2) is 12.8 Å². The molecule has 9 heteroatoms. The molecule has 2 amide bonds. The van der Waals surface area contributed by atoms with Gasteiger partial charge in [-0.05, 0) is 54.8 Å². The normalized spacial score (nSPS) is 15.2. The highest BCUT2D eigenvalue weighted by Crippen LogP contribution is 2.25. The van der Waals surface area contributed by atoms with Crippen molar-refractivity contribution in [1.82, 2.24) is 5.32 Å². The number of nitrogens with zero attached hydrogens (tertiary/aromatic N) is 1. The van der Waals surface area contributed by atoms with Crippen molar-refractivity contribution in [2.45, 2.75) is 12.8 Å². The van der Waals surface area contributed by atoms with E-state index in [1.54, 1.807) is 36.4 Å². The summed E-state index contributed by atoms with van der Waals surface area (Å²) >= 11 is 0. The summed E-state index contributed by atoms with van der Waals surface area (Å²) in [7, 11) is -3.26. The fraction of sp³-hybridized carbons (Fsp3) is 0.263. The molecule has 3 rings (SSSR count). The number of amides is 2. The van der Waals surface area contributed by atoms with E-state index < -0.39 is 21.8 Å². The average Bonchev–Trinajstić information content (AvgIpc) is 3.03. The minimum atomic E-state index is -3.26. The molecular weight excluding hydrogens is 385 g/mol. The summed E-state index contributed by atoms with van der Waals surface area (Å²) in [6.07, 6.45) is 1.05. The van der Waals surface area contributed by atoms with Crippen molar-refractivity contribution in [2.75, 3.05) is 28.5 Å². The molecule has 2 aromatic rings. The molecule has 148 valence electrons. The molecule has 0 aliphatic carbocycles. The molecule has 1 aliphatic heterocycles. The van der Waals surface area contributed by atoms with E-state index in [9.17, 15) is 22.4 Å². The number of sulfonamides is 1. The Balaban J connectivity index is 1.49. The van der Waals surface area contributed by atoms with Gasteiger partial charge in [0.05, 0.1) is 11.4 Å². The van der Waals surface area contributed by atoms with E-state index in [-0.39, 0.29) is 18.1 Å². The van der Waals surface area contributed by atoms with Crippen LogP contribution in [0.15, 0.2) is 48.5 Å². The third kappa shape index (κ3) is 4.86. The molecule has 1 heterocycles. The minimum absolute atomic E-state index is 0.129. The Bertz CT molecular complexity index is 960. The molecule has 1 fully saturated rings. The quantitative estimate of drug-likeness (QED) is 0.740. The Morgan fingerprint density at radius 2 is 1.68 bits per heavy atom. The zero-order valence-electron chi connectivity index (χ0n) is 15.0. The summed E-state index contributed by atoms with van der Waals surface area (Å²) < 4.78 is 38.0. The summed E-state index contributed by atoms with van der Waals surface area (Å²) in [6.45, 7) is 0.675. The average molecular weight is 405 g/mol. The van der Waals surface area contributed by atoms with Gasteiger partial charge in [0.1, 0.15) is 5.82 Å². The van der Waals surface area contributed by atoms with Gasteiger partial charge in [-0.3, -0.25) is 13.9 Å². The van der Waals surface area contributed by atoms with Gasteiger partial charge in [0.25, 0.3) is 0 Å². The molecule has 0 saturated carbocycles. The van der Waals surface area contributed by atoms with E-state index in [0.717, 1.165) is 5.56 Å². The standard InChI is InChI=1S/C19H20FN3O4S/c20-15-4-2-14(3-5-15)10-11-21-18(24)19(25)22-16-6-8-17(9-7-16)23-12-1-13-28(23,26)27/h2-9H,1,10-13H2,(H,21,24)(H,22,25). The fourth-order valence-corrected chi connectivity index (χ4v) is 4.44. The van der Waals surface area contributed by atoms with Gasteiger partial charge in [-0.15, -0.1) is 0 Å². The molecule has 2 N–H and O–H groups in total. The number of hydrogen-bond acceptors (Lipinski definition) is 4. The van der Waals surface area contributed by atoms with Crippen LogP contribution in [0.25, 0.3) is 0 Å². The molecular formula is C19H20FN3O4S. The first-order chi connectivity index (χ1) is 13.3. The first-order valence-electron chi connectivity index (χ1n) is 8.79. The predicted octanol–water partition coefficient (Wildman–Crippen LogP) is 1.66. The highest BCUT2D eigenvalue weighted by atomic mass is 32.2. The first-order valence-corrected chi connectivity index (χ1v) is 10.4. The summed E-state index contributed by atoms with van der Waals surface area (Å²) in [6, 6.07) is 12.2. The maximum Gasteiger partial charge on any atom is 0.313 e. The Labute approximate surface area is 162 Å². The zero-order chi connectivity index (χ0) is 20.1. The van der Waals surface area contributed by atoms with E-state index in [2.05, 4.69) is 10.6 Å². The molecule has 0 unspecified atom stereocenters. The smallest absolute Gasteiger partial charge is 0.313 e. The monoisotopic (exact) mass is 405 g/mol. The second-order valence-corrected chi connectivity index (χ2v) is 8.39. The van der Waals surface area contributed by atoms with Crippen LogP contribution in [0.2, 0.25) is 0 Å². The highest BCUT2D eigenvalue weighted by molar-refractivity contribution is 7.93. The van der Waals surface area contributed by atoms with Crippen molar-refractivity contribution in [3.05, 3.63) is 59.9 Å². The molecule has 28 heavy (non-hydrogen) atoms. The van der Waals surface area contributed by atoms with Crippen LogP contribution in [-0.4, -0.2) is 39.1 Å². The second-order valence-electron chi connectivity index (χ2n) is 6.38. The molecule has 1 saturated heterocycles. The SMILES string of the molecule is O=C(NCCc1ccc(F)cc1)C(=O)Nc1ccc(N2CCCS2(=O)=O)cc1. The van der Waals surface area contributed by atoms with Crippen LogP contribution >= 0.6 is 0 Å². The second kappa shape index (κ2) is 8.39. The number of benzene rings is 2. The third-order valence-electron chi connectivity index (χ3n) is 4.33. The predicted molar refractivity (Wildman–Crippen MR) is 104 cm³/mol. The fourth-order valence-electron chi connectivity index (χ4n) is 2.88. The number of carbonyl (C=O) groups is 2. The molecule has 0 spiro atoms. The maximum absolute atomic E-state index is 12.8. The number of halogens is 1. The van der Waals surface area contributed by atoms with Gasteiger partial charge < -0.3 is 10.6 Å². The van der Waals surface area contributed by atoms with E-state index in [1.165, 1.54) is 16.4 Å². The van der Waals surface area contributed by atoms with E-state index in [4.69, 9.17) is 0 Å². The summed E-state index contributed by atoms with van der Waals surface area (Å²) in [5, 5.41) is 4.97. The lowest BCUT2D eigenvalue weighted by Gasteiger charge is -2.17. The topological polar surface area (TPSA) is 95.6 Å². The number of hydrogen-bond donors (Lipinski definition) is 2. The molecule has 7 nitrogen and oxygen atoms in total. The van der Waals surface area contributed by atoms with E-state index in [0.29, 0.717) is 30.8 Å². The van der Waals surface area contributed by atoms with Gasteiger partial charge in [-0.1, -0.05) is 12.1 Å². The van der Waals surface area contributed by atoms with E-state index in [1.807, 2.05) is 0 Å². The van der Waals surface area contributed by atoms with Gasteiger partial charge >= 0.3 is 11.8 Å². The van der Waals surface area contributed by atoms with Gasteiger partial charge in [0.15, 0.2) is 0 Å². The Kier molecular flexibility index (Phi) is 5.93. The van der Waals surface area contributed by atoms with Gasteiger partial charge in [0.2, 0.25) is 10.0 Å². The van der Waals surface area contributed by atoms with Crippen LogP contribution in [0, 0.1) is 5.82 Å². The molecule has 1 aliphatic rings. The third-order valence-corrected chi connectivity index (χ3v) is 6.20. The summed E-state index contributed by atoms with van der Waals surface area (Å²) in [5.41, 5.74) is 1.76. The lowest BCUT2D eigenvalue weighted by Crippen LogP contribution is -2.36. The van der Waals surface area contributed by atoms with Crippen LogP contribution in [0.4, 0.5) is 15.8 Å². The largest absolute Gasteiger partial charge is 0.347 e. The Morgan fingerprint density at radius 3 is 2.29 bits per heavy atom. The summed E-state index contributed by atoms with van der Waals surface area (Å²) in [4.78, 5) is 23.8. The number of rotatable bonds is 5. The van der Waals surface area contributed by atoms with Crippen molar-refractivity contribution in [3.8, 4) is 0 Å². The molecule has 0 atom stereocenters. The van der Waals surface area contributed by atoms with Gasteiger partial charge in [0, 0.05) is 18.8 Å². The summed E-state index contributed by atoms with van der Waals surface area (Å²) in [5.74, 6) is -1.81. The van der Waals surface area contributed by atoms with Gasteiger partial charge in [-0.2, -0.15) is 0 Å². The molecule has 0 aromatic heterocycles. The number of nitrogens with one attached hydrogen (secondary N) is 2. The van der Waals surface area contributed by atoms with Crippen molar-refractivity contribution in [2.24, 2.45) is 0 Å². The minimum Gasteiger partial charge on any atom is -0.347 e.